The summed E-state index contributed by atoms with van der Waals surface area (Å²) in [6, 6.07) is 8.46. The number of fused-ring (bicyclic) bond motifs is 1. The lowest BCUT2D eigenvalue weighted by Crippen LogP contribution is -2.65. The van der Waals surface area contributed by atoms with Crippen LogP contribution in [0.4, 0.5) is 0 Å². The number of aliphatic hydroxyl groups excluding tert-OH is 10. The summed E-state index contributed by atoms with van der Waals surface area (Å²) >= 11 is 0. The molecule has 3 aliphatic heterocycles. The zero-order valence-corrected chi connectivity index (χ0v) is 34.3. The first-order valence-corrected chi connectivity index (χ1v) is 20.2. The third-order valence-electron chi connectivity index (χ3n) is 11.1. The number of hydrogen-bond donors (Lipinski definition) is 15. The van der Waals surface area contributed by atoms with Gasteiger partial charge < -0.3 is 114 Å². The standard InChI is InChI=1S/C42H46O25/c43-11-23-28(52)32(56)35(59)40(62-23)60-16-9-21(50)27-22(10-16)61-36(15-3-5-18(47)20(49)8-15)37(31(27)55)66-42-39(34(58)30(54)25(13-45)64-42)67-41-38(33(57)29(53)24(12-44)63-41)65-26(51)6-2-14-1-4-17(46)19(48)7-14/h1-10,23-25,28-30,32-35,38-50,52-54,56-59H,11-13H2/b6-2+. The van der Waals surface area contributed by atoms with Crippen molar-refractivity contribution in [2.45, 2.75) is 92.1 Å². The van der Waals surface area contributed by atoms with E-state index in [-0.39, 0.29) is 16.9 Å². The van der Waals surface area contributed by atoms with Gasteiger partial charge >= 0.3 is 5.97 Å². The number of aromatic hydroxyl groups is 5. The van der Waals surface area contributed by atoms with Crippen LogP contribution in [0.5, 0.6) is 40.2 Å². The maximum absolute atomic E-state index is 14.5. The van der Waals surface area contributed by atoms with E-state index < -0.39 is 175 Å². The largest absolute Gasteiger partial charge is 0.507 e. The van der Waals surface area contributed by atoms with E-state index >= 15 is 0 Å². The van der Waals surface area contributed by atoms with Crippen LogP contribution in [0.2, 0.25) is 0 Å². The summed E-state index contributed by atoms with van der Waals surface area (Å²) in [5, 5.41) is 155. The van der Waals surface area contributed by atoms with Crippen LogP contribution in [0.3, 0.4) is 0 Å². The molecule has 25 nitrogen and oxygen atoms in total. The fourth-order valence-electron chi connectivity index (χ4n) is 7.43. The van der Waals surface area contributed by atoms with Crippen LogP contribution in [0, 0.1) is 0 Å². The van der Waals surface area contributed by atoms with Crippen molar-refractivity contribution in [2.75, 3.05) is 19.8 Å². The van der Waals surface area contributed by atoms with Crippen LogP contribution < -0.4 is 14.9 Å². The molecule has 4 heterocycles. The van der Waals surface area contributed by atoms with Gasteiger partial charge in [0.05, 0.1) is 19.8 Å². The molecule has 0 radical (unpaired) electrons. The number of ether oxygens (including phenoxy) is 7. The molecule has 1 aromatic heterocycles. The molecule has 4 aromatic rings. The Bertz CT molecular complexity index is 2490. The quantitative estimate of drug-likeness (QED) is 0.0350. The van der Waals surface area contributed by atoms with Crippen LogP contribution in [-0.2, 0) is 28.5 Å². The van der Waals surface area contributed by atoms with Crippen LogP contribution in [0.15, 0.2) is 63.8 Å². The van der Waals surface area contributed by atoms with Crippen molar-refractivity contribution in [3.63, 3.8) is 0 Å². The van der Waals surface area contributed by atoms with Crippen LogP contribution in [0.25, 0.3) is 28.4 Å². The predicted octanol–water partition coefficient (Wildman–Crippen LogP) is -3.57. The maximum atomic E-state index is 14.5. The summed E-state index contributed by atoms with van der Waals surface area (Å²) in [5.74, 6) is -6.30. The van der Waals surface area contributed by atoms with Crippen LogP contribution in [-0.4, -0.2) is 195 Å². The molecule has 0 aliphatic carbocycles. The number of phenols is 5. The molecule has 0 saturated carbocycles. The van der Waals surface area contributed by atoms with E-state index in [2.05, 4.69) is 0 Å². The summed E-state index contributed by atoms with van der Waals surface area (Å²) in [7, 11) is 0. The summed E-state index contributed by atoms with van der Waals surface area (Å²) in [6.45, 7) is -2.75. The van der Waals surface area contributed by atoms with Gasteiger partial charge in [-0.05, 0) is 42.0 Å². The fraction of sp³-hybridized carbons (Fsp3) is 0.429. The normalized spacial score (nSPS) is 32.3. The van der Waals surface area contributed by atoms with E-state index in [0.717, 1.165) is 54.6 Å². The van der Waals surface area contributed by atoms with Gasteiger partial charge in [0.25, 0.3) is 0 Å². The molecule has 3 fully saturated rings. The Balaban J connectivity index is 1.26. The van der Waals surface area contributed by atoms with Crippen LogP contribution in [0.1, 0.15) is 5.56 Å². The SMILES string of the molecule is O=C(/C=C/c1ccc(O)c(O)c1)OC1C(OC2C(Oc3c(-c4ccc(O)c(O)c4)oc4cc(OC5OC(CO)C(O)C(O)C5O)cc(O)c4c3=O)OC(CO)C(O)C2O)OC(CO)C(O)C1O. The second kappa shape index (κ2) is 20.1. The first-order chi connectivity index (χ1) is 31.8. The van der Waals surface area contributed by atoms with Crippen molar-refractivity contribution in [2.24, 2.45) is 0 Å². The number of hydrogen-bond acceptors (Lipinski definition) is 25. The highest BCUT2D eigenvalue weighted by Gasteiger charge is 2.53. The van der Waals surface area contributed by atoms with E-state index in [1.54, 1.807) is 0 Å². The average Bonchev–Trinajstić information content (AvgIpc) is 3.30. The lowest BCUT2D eigenvalue weighted by molar-refractivity contribution is -0.358. The minimum absolute atomic E-state index is 0.200. The molecule has 15 N–H and O–H groups in total. The molecule has 25 heteroatoms. The molecule has 0 bridgehead atoms. The molecule has 0 amide bonds. The van der Waals surface area contributed by atoms with Crippen molar-refractivity contribution in [3.05, 3.63) is 70.4 Å². The number of aliphatic hydroxyl groups is 10. The maximum Gasteiger partial charge on any atom is 0.331 e. The van der Waals surface area contributed by atoms with Gasteiger partial charge in [-0.15, -0.1) is 0 Å². The van der Waals surface area contributed by atoms with Gasteiger partial charge in [-0.25, -0.2) is 4.79 Å². The molecule has 3 saturated heterocycles. The molecule has 67 heavy (non-hydrogen) atoms. The third-order valence-corrected chi connectivity index (χ3v) is 11.1. The van der Waals surface area contributed by atoms with E-state index in [1.165, 1.54) is 6.07 Å². The second-order valence-electron chi connectivity index (χ2n) is 15.5. The average molecular weight is 951 g/mol. The lowest BCUT2D eigenvalue weighted by Gasteiger charge is -2.46. The number of carbonyl (C=O) groups excluding carboxylic acids is 1. The summed E-state index contributed by atoms with van der Waals surface area (Å²) < 4.78 is 45.7. The number of esters is 1. The topological polar surface area (TPSA) is 415 Å². The zero-order valence-electron chi connectivity index (χ0n) is 34.3. The van der Waals surface area contributed by atoms with Gasteiger partial charge in [0.1, 0.15) is 83.5 Å². The van der Waals surface area contributed by atoms with Crippen molar-refractivity contribution < 1.29 is 119 Å². The summed E-state index contributed by atoms with van der Waals surface area (Å²) in [4.78, 5) is 27.6. The Labute approximate surface area is 375 Å². The summed E-state index contributed by atoms with van der Waals surface area (Å²) in [6.07, 6.45) is -26.5. The van der Waals surface area contributed by atoms with E-state index in [0.29, 0.717) is 0 Å². The molecule has 364 valence electrons. The van der Waals surface area contributed by atoms with Gasteiger partial charge in [-0.2, -0.15) is 0 Å². The Morgan fingerprint density at radius 2 is 1.15 bits per heavy atom. The molecule has 3 aromatic carbocycles. The second-order valence-corrected chi connectivity index (χ2v) is 15.5. The van der Waals surface area contributed by atoms with Gasteiger partial charge in [0.15, 0.2) is 47.3 Å². The summed E-state index contributed by atoms with van der Waals surface area (Å²) in [5.41, 5.74) is -1.72. The number of carbonyl (C=O) groups is 1. The fourth-order valence-corrected chi connectivity index (χ4v) is 7.43. The van der Waals surface area contributed by atoms with Crippen molar-refractivity contribution in [1.82, 2.24) is 0 Å². The Morgan fingerprint density at radius 1 is 0.582 bits per heavy atom. The molecule has 7 rings (SSSR count). The number of rotatable bonds is 13. The number of phenolic OH excluding ortho intramolecular Hbond substituents is 5. The highest BCUT2D eigenvalue weighted by molar-refractivity contribution is 5.89. The Morgan fingerprint density at radius 3 is 1.76 bits per heavy atom. The van der Waals surface area contributed by atoms with Crippen molar-refractivity contribution in [1.29, 1.82) is 0 Å². The highest BCUT2D eigenvalue weighted by atomic mass is 16.8. The first kappa shape index (κ1) is 49.0. The van der Waals surface area contributed by atoms with E-state index in [1.807, 2.05) is 0 Å². The monoisotopic (exact) mass is 950 g/mol. The predicted molar refractivity (Wildman–Crippen MR) is 217 cm³/mol. The van der Waals surface area contributed by atoms with Gasteiger partial charge in [-0.1, -0.05) is 6.07 Å². The van der Waals surface area contributed by atoms with Crippen molar-refractivity contribution >= 4 is 23.0 Å². The molecular formula is C42H46O25. The zero-order chi connectivity index (χ0) is 48.6. The molecule has 0 spiro atoms. The molecule has 3 aliphatic rings. The van der Waals surface area contributed by atoms with Gasteiger partial charge in [0.2, 0.25) is 23.8 Å². The van der Waals surface area contributed by atoms with Crippen LogP contribution >= 0.6 is 0 Å². The third kappa shape index (κ3) is 9.91. The first-order valence-electron chi connectivity index (χ1n) is 20.2. The smallest absolute Gasteiger partial charge is 0.331 e. The molecule has 15 unspecified atom stereocenters. The molecular weight excluding hydrogens is 904 g/mol. The van der Waals surface area contributed by atoms with Crippen molar-refractivity contribution in [3.8, 4) is 51.6 Å². The molecule has 15 atom stereocenters. The van der Waals surface area contributed by atoms with Gasteiger partial charge in [-0.3, -0.25) is 4.79 Å². The van der Waals surface area contributed by atoms with E-state index in [4.69, 9.17) is 37.6 Å². The Kier molecular flexibility index (Phi) is 14.7. The lowest BCUT2D eigenvalue weighted by atomic mass is 9.97. The minimum Gasteiger partial charge on any atom is -0.507 e. The minimum atomic E-state index is -2.17. The van der Waals surface area contributed by atoms with E-state index in [9.17, 15) is 86.2 Å². The highest BCUT2D eigenvalue weighted by Crippen LogP contribution is 2.41. The van der Waals surface area contributed by atoms with Gasteiger partial charge in [0, 0.05) is 23.8 Å². The Hall–Kier alpha value is -5.88. The number of benzene rings is 3.